The second-order valence-corrected chi connectivity index (χ2v) is 24.5. The van der Waals surface area contributed by atoms with Gasteiger partial charge in [-0.25, -0.2) is 0 Å². The monoisotopic (exact) mass is 848 g/mol. The molecule has 0 radical (unpaired) electrons. The van der Waals surface area contributed by atoms with Crippen molar-refractivity contribution in [2.75, 3.05) is 17.3 Å². The van der Waals surface area contributed by atoms with Gasteiger partial charge in [0.1, 0.15) is 0 Å². The molecule has 1 aliphatic heterocycles. The van der Waals surface area contributed by atoms with Crippen LogP contribution >= 0.6 is 0 Å². The van der Waals surface area contributed by atoms with Crippen LogP contribution in [0.2, 0.25) is 11.6 Å². The number of nitrogens with one attached hydrogen (secondary N) is 1. The first-order valence-corrected chi connectivity index (χ1v) is 25.6. The molecule has 0 amide bonds. The summed E-state index contributed by atoms with van der Waals surface area (Å²) in [6.07, 6.45) is 1.95. The van der Waals surface area contributed by atoms with E-state index in [9.17, 15) is 0 Å². The average molecular weight is 848 g/mol. The van der Waals surface area contributed by atoms with Crippen LogP contribution in [-0.2, 0) is 5.41 Å². The topological polar surface area (TPSA) is 42.3 Å². The number of aromatic nitrogens is 2. The summed E-state index contributed by atoms with van der Waals surface area (Å²) in [7, 11) is 2.16. The van der Waals surface area contributed by atoms with E-state index >= 15 is 0 Å². The fraction of sp³-hybridized carbons (Fsp3) is 0.130. The predicted molar refractivity (Wildman–Crippen MR) is 256 cm³/mol. The Morgan fingerprint density at radius 1 is 0.600 bits per heavy atom. The summed E-state index contributed by atoms with van der Waals surface area (Å²) < 4.78 is 12.1. The van der Waals surface area contributed by atoms with Crippen LogP contribution in [0.1, 0.15) is 26.3 Å². The van der Waals surface area contributed by atoms with E-state index in [1.54, 1.807) is 0 Å². The number of ether oxygens (including phenoxy) is 1. The van der Waals surface area contributed by atoms with Gasteiger partial charge < -0.3 is 0 Å². The number of para-hydroxylation sites is 3. The second-order valence-electron chi connectivity index (χ2n) is 17.0. The summed E-state index contributed by atoms with van der Waals surface area (Å²) in [5.74, 6) is 7.50. The van der Waals surface area contributed by atoms with E-state index in [2.05, 4.69) is 218 Å². The van der Waals surface area contributed by atoms with Gasteiger partial charge in [0.25, 0.3) is 0 Å². The molecule has 0 bridgehead atoms. The van der Waals surface area contributed by atoms with Crippen LogP contribution in [0.4, 0.5) is 22.7 Å². The van der Waals surface area contributed by atoms with Gasteiger partial charge in [0.15, 0.2) is 0 Å². The van der Waals surface area contributed by atoms with E-state index in [4.69, 9.17) is 9.72 Å². The van der Waals surface area contributed by atoms with Crippen LogP contribution in [0.5, 0.6) is 11.5 Å². The minimum atomic E-state index is -2.22. The first-order chi connectivity index (χ1) is 29.1. The molecule has 0 atom stereocenters. The number of hydrogen-bond acceptors (Lipinski definition) is 4. The van der Waals surface area contributed by atoms with E-state index in [1.165, 1.54) is 53.0 Å². The Balaban J connectivity index is 1.02. The van der Waals surface area contributed by atoms with E-state index < -0.39 is 12.8 Å². The molecule has 3 heterocycles. The average Bonchev–Trinajstić information content (AvgIpc) is 3.72. The third kappa shape index (κ3) is 6.44. The molecule has 10 rings (SSSR count). The van der Waals surface area contributed by atoms with Gasteiger partial charge in [0.2, 0.25) is 0 Å². The fourth-order valence-electron chi connectivity index (χ4n) is 8.88. The van der Waals surface area contributed by atoms with E-state index in [0.29, 0.717) is 0 Å². The molecule has 1 N–H and O–H groups in total. The number of benzene rings is 7. The number of nitrogens with zero attached hydrogens (tertiary/aromatic N) is 3. The molecule has 0 saturated heterocycles. The first-order valence-electron chi connectivity index (χ1n) is 20.5. The number of rotatable bonds is 9. The molecule has 5 nitrogen and oxygen atoms in total. The number of hydrogen-bond donors (Lipinski definition) is 1. The Hall–Kier alpha value is -6.59. The molecule has 0 unspecified atom stereocenters. The van der Waals surface area contributed by atoms with Crippen molar-refractivity contribution in [3.8, 4) is 39.6 Å². The Kier molecular flexibility index (Phi) is 9.16. The van der Waals surface area contributed by atoms with Crippen molar-refractivity contribution in [3.63, 3.8) is 0 Å². The molecule has 0 aliphatic carbocycles. The van der Waals surface area contributed by atoms with Gasteiger partial charge in [-0.15, -0.1) is 0 Å². The van der Waals surface area contributed by atoms with Crippen LogP contribution in [0.3, 0.4) is 0 Å². The first kappa shape index (κ1) is 37.7. The zero-order chi connectivity index (χ0) is 41.2. The van der Waals surface area contributed by atoms with Crippen molar-refractivity contribution >= 4 is 66.3 Å². The third-order valence-corrected chi connectivity index (χ3v) is 17.9. The summed E-state index contributed by atoms with van der Waals surface area (Å²) >= 11 is -2.22. The molecule has 0 fully saturated rings. The predicted octanol–water partition coefficient (Wildman–Crippen LogP) is 13.2. The molecular weight excluding hydrogens is 800 g/mol. The standard InChI is InChI=1S/C54H48N4OSe/c1-54(2,3)38-30-31-55-50(32-38)58-46-28-17-29-48-51(46)52-47(58)34-41(35-49(52)60(48,5)6)59-40-23-15-22-39(33-40)56-44-26-13-14-27-45(44)57(4)53-42(36-18-9-7-10-19-36)24-16-25-43(53)37-20-11-8-12-21-37/h7-35,56H,1-6H3. The van der Waals surface area contributed by atoms with E-state index in [0.717, 1.165) is 45.6 Å². The van der Waals surface area contributed by atoms with Gasteiger partial charge in [-0.1, -0.05) is 78.9 Å². The molecule has 7 aromatic carbocycles. The van der Waals surface area contributed by atoms with Gasteiger partial charge in [-0.05, 0) is 11.1 Å². The number of pyridine rings is 1. The Morgan fingerprint density at radius 3 is 1.97 bits per heavy atom. The van der Waals surface area contributed by atoms with Crippen LogP contribution in [0, 0.1) is 0 Å². The molecule has 296 valence electrons. The van der Waals surface area contributed by atoms with Gasteiger partial charge in [0.05, 0.1) is 0 Å². The molecule has 2 aromatic heterocycles. The van der Waals surface area contributed by atoms with Crippen molar-refractivity contribution in [2.45, 2.75) is 37.8 Å². The van der Waals surface area contributed by atoms with Gasteiger partial charge in [-0.2, -0.15) is 0 Å². The van der Waals surface area contributed by atoms with Crippen LogP contribution < -0.4 is 23.9 Å². The quantitative estimate of drug-likeness (QED) is 0.147. The second kappa shape index (κ2) is 14.6. The molecule has 1 aliphatic rings. The molecule has 6 heteroatoms. The van der Waals surface area contributed by atoms with Gasteiger partial charge in [0, 0.05) is 11.1 Å². The molecular formula is C54H48N4OSe. The zero-order valence-electron chi connectivity index (χ0n) is 34.9. The van der Waals surface area contributed by atoms with Crippen LogP contribution in [0.15, 0.2) is 176 Å². The summed E-state index contributed by atoms with van der Waals surface area (Å²) in [5.41, 5.74) is 12.4. The molecule has 9 aromatic rings. The Bertz CT molecular complexity index is 3020. The summed E-state index contributed by atoms with van der Waals surface area (Å²) in [4.78, 5) is 7.26. The molecule has 60 heavy (non-hydrogen) atoms. The van der Waals surface area contributed by atoms with Gasteiger partial charge >= 0.3 is 256 Å². The van der Waals surface area contributed by atoms with Crippen LogP contribution in [0.25, 0.3) is 49.9 Å². The van der Waals surface area contributed by atoms with Crippen molar-refractivity contribution in [1.29, 1.82) is 0 Å². The number of anilines is 4. The van der Waals surface area contributed by atoms with Crippen LogP contribution in [-0.4, -0.2) is 29.4 Å². The van der Waals surface area contributed by atoms with E-state index in [-0.39, 0.29) is 5.41 Å². The summed E-state index contributed by atoms with van der Waals surface area (Å²) in [5, 5.41) is 6.49. The Morgan fingerprint density at radius 2 is 1.25 bits per heavy atom. The van der Waals surface area contributed by atoms with E-state index in [1.807, 2.05) is 12.3 Å². The SMILES string of the molecule is CN(c1ccccc1Nc1cccc(Oc2cc3c4c5c(cccc5n(-c5cc(C(C)(C)C)ccn5)c4c2)[Se]3(C)C)c1)c1c(-c2ccccc2)cccc1-c1ccccc1. The van der Waals surface area contributed by atoms with Crippen molar-refractivity contribution < 1.29 is 4.74 Å². The molecule has 0 spiro atoms. The Labute approximate surface area is 355 Å². The minimum absolute atomic E-state index is 0.000608. The zero-order valence-corrected chi connectivity index (χ0v) is 36.6. The third-order valence-electron chi connectivity index (χ3n) is 11.9. The summed E-state index contributed by atoms with van der Waals surface area (Å²) in [6, 6.07) is 60.4. The minimum Gasteiger partial charge on any atom is -0.0622 e. The maximum atomic E-state index is 6.87. The fourth-order valence-corrected chi connectivity index (χ4v) is 14.1. The molecule has 0 saturated carbocycles. The van der Waals surface area contributed by atoms with Crippen molar-refractivity contribution in [1.82, 2.24) is 9.55 Å². The van der Waals surface area contributed by atoms with Crippen molar-refractivity contribution in [2.24, 2.45) is 0 Å². The normalized spacial score (nSPS) is 13.5. The van der Waals surface area contributed by atoms with Gasteiger partial charge in [-0.3, -0.25) is 0 Å². The smallest absolute Gasteiger partial charge is 0.0622 e. The summed E-state index contributed by atoms with van der Waals surface area (Å²) in [6.45, 7) is 6.76. The van der Waals surface area contributed by atoms with Crippen molar-refractivity contribution in [3.05, 3.63) is 182 Å². The maximum absolute atomic E-state index is 6.87.